The fourth-order valence-electron chi connectivity index (χ4n) is 3.25. The van der Waals surface area contributed by atoms with Gasteiger partial charge in [0.2, 0.25) is 11.1 Å². The lowest BCUT2D eigenvalue weighted by molar-refractivity contribution is -0.138. The highest BCUT2D eigenvalue weighted by Crippen LogP contribution is 2.30. The number of rotatable bonds is 6. The number of thioether (sulfide) groups is 1. The van der Waals surface area contributed by atoms with E-state index in [4.69, 9.17) is 0 Å². The summed E-state index contributed by atoms with van der Waals surface area (Å²) in [6.07, 6.45) is -3.01. The Morgan fingerprint density at radius 1 is 1.12 bits per heavy atom. The van der Waals surface area contributed by atoms with Gasteiger partial charge in [-0.05, 0) is 24.1 Å². The first kappa shape index (κ1) is 26.1. The third-order valence-electron chi connectivity index (χ3n) is 5.04. The summed E-state index contributed by atoms with van der Waals surface area (Å²) in [5, 5.41) is -0.494. The molecule has 0 spiro atoms. The second-order valence-electron chi connectivity index (χ2n) is 8.17. The molecule has 1 aliphatic heterocycles. The minimum absolute atomic E-state index is 0.173. The average molecular weight is 515 g/mol. The molecule has 1 fully saturated rings. The Hall–Kier alpha value is -2.47. The Morgan fingerprint density at radius 3 is 2.26 bits per heavy atom. The summed E-state index contributed by atoms with van der Waals surface area (Å²) >= 11 is 1.52. The molecule has 0 N–H and O–H groups in total. The van der Waals surface area contributed by atoms with Crippen LogP contribution in [0.5, 0.6) is 0 Å². The standard InChI is InChI=1S/C22H25F3N4O3S2/c1-14(2)13-33-19-5-4-17(34(32)15(3)30)10-18(19)20(31)28-6-8-29(9-7-28)21-26-11-16(12-27-21)22(23,24)25/h4-5,10-12,14H,6-9,13H2,1-3H3. The van der Waals surface area contributed by atoms with Crippen molar-refractivity contribution in [1.82, 2.24) is 14.9 Å². The van der Waals surface area contributed by atoms with E-state index in [0.717, 1.165) is 23.0 Å². The Labute approximate surface area is 202 Å². The summed E-state index contributed by atoms with van der Waals surface area (Å²) in [4.78, 5) is 37.0. The molecule has 1 aromatic carbocycles. The number of benzene rings is 1. The van der Waals surface area contributed by atoms with Gasteiger partial charge in [0.15, 0.2) is 0 Å². The number of halogens is 3. The van der Waals surface area contributed by atoms with E-state index in [1.165, 1.54) is 24.8 Å². The zero-order valence-corrected chi connectivity index (χ0v) is 20.6. The molecule has 1 aliphatic rings. The maximum atomic E-state index is 13.4. The Kier molecular flexibility index (Phi) is 8.34. The van der Waals surface area contributed by atoms with Gasteiger partial charge in [0, 0.05) is 61.0 Å². The quantitative estimate of drug-likeness (QED) is 0.542. The van der Waals surface area contributed by atoms with Crippen molar-refractivity contribution in [2.24, 2.45) is 5.92 Å². The van der Waals surface area contributed by atoms with Crippen molar-refractivity contribution in [3.8, 4) is 0 Å². The van der Waals surface area contributed by atoms with Crippen LogP contribution in [0, 0.1) is 5.92 Å². The first-order chi connectivity index (χ1) is 16.0. The van der Waals surface area contributed by atoms with E-state index in [9.17, 15) is 27.0 Å². The monoisotopic (exact) mass is 514 g/mol. The molecule has 1 saturated heterocycles. The van der Waals surface area contributed by atoms with Gasteiger partial charge in [-0.1, -0.05) is 13.8 Å². The fraction of sp³-hybridized carbons (Fsp3) is 0.455. The van der Waals surface area contributed by atoms with E-state index in [1.54, 1.807) is 21.9 Å². The Balaban J connectivity index is 1.75. The van der Waals surface area contributed by atoms with Crippen molar-refractivity contribution in [3.05, 3.63) is 41.7 Å². The summed E-state index contributed by atoms with van der Waals surface area (Å²) in [6.45, 7) is 6.71. The van der Waals surface area contributed by atoms with Gasteiger partial charge in [0.25, 0.3) is 5.91 Å². The Bertz CT molecular complexity index is 1070. The van der Waals surface area contributed by atoms with Gasteiger partial charge in [-0.2, -0.15) is 13.2 Å². The minimum atomic E-state index is -4.50. The van der Waals surface area contributed by atoms with Crippen LogP contribution in [0.15, 0.2) is 40.4 Å². The number of hydrogen-bond donors (Lipinski definition) is 0. The van der Waals surface area contributed by atoms with Gasteiger partial charge >= 0.3 is 6.18 Å². The maximum Gasteiger partial charge on any atom is 0.419 e. The van der Waals surface area contributed by atoms with Gasteiger partial charge in [-0.25, -0.2) is 14.2 Å². The molecule has 12 heteroatoms. The molecule has 7 nitrogen and oxygen atoms in total. The summed E-state index contributed by atoms with van der Waals surface area (Å²) in [7, 11) is -1.85. The largest absolute Gasteiger partial charge is 0.419 e. The Morgan fingerprint density at radius 2 is 1.74 bits per heavy atom. The zero-order valence-electron chi connectivity index (χ0n) is 19.0. The molecule has 1 atom stereocenters. The van der Waals surface area contributed by atoms with Crippen LogP contribution < -0.4 is 4.90 Å². The third-order valence-corrected chi connectivity index (χ3v) is 7.75. The molecule has 1 unspecified atom stereocenters. The molecule has 3 rings (SSSR count). The van der Waals surface area contributed by atoms with E-state index in [0.29, 0.717) is 37.7 Å². The van der Waals surface area contributed by atoms with Crippen LogP contribution in [-0.4, -0.2) is 62.0 Å². The van der Waals surface area contributed by atoms with Gasteiger partial charge in [0.05, 0.1) is 11.1 Å². The van der Waals surface area contributed by atoms with Crippen molar-refractivity contribution in [1.29, 1.82) is 0 Å². The number of hydrogen-bond acceptors (Lipinski definition) is 7. The van der Waals surface area contributed by atoms with Gasteiger partial charge in [0.1, 0.15) is 10.8 Å². The number of piperazine rings is 1. The van der Waals surface area contributed by atoms with Crippen molar-refractivity contribution < 1.29 is 27.0 Å². The topological polar surface area (TPSA) is 83.5 Å². The SMILES string of the molecule is CC(=O)S(=O)c1ccc(SCC(C)C)c(C(=O)N2CCN(c3ncc(C(F)(F)F)cn3)CC2)c1. The fourth-order valence-corrected chi connectivity index (χ4v) is 4.98. The number of amides is 1. The second-order valence-corrected chi connectivity index (χ2v) is 10.8. The second kappa shape index (κ2) is 10.9. The molecule has 34 heavy (non-hydrogen) atoms. The van der Waals surface area contributed by atoms with E-state index in [2.05, 4.69) is 23.8 Å². The molecule has 1 amide bonds. The predicted octanol–water partition coefficient (Wildman–Crippen LogP) is 3.86. The number of aromatic nitrogens is 2. The van der Waals surface area contributed by atoms with Crippen molar-refractivity contribution >= 4 is 39.5 Å². The van der Waals surface area contributed by atoms with Crippen LogP contribution in [0.4, 0.5) is 19.1 Å². The lowest BCUT2D eigenvalue weighted by atomic mass is 10.1. The molecule has 0 aliphatic carbocycles. The van der Waals surface area contributed by atoms with Crippen LogP contribution >= 0.6 is 11.8 Å². The average Bonchev–Trinajstić information content (AvgIpc) is 2.81. The molecule has 2 heterocycles. The normalized spacial score (nSPS) is 15.5. The lowest BCUT2D eigenvalue weighted by Crippen LogP contribution is -2.49. The summed E-state index contributed by atoms with van der Waals surface area (Å²) in [6, 6.07) is 4.85. The van der Waals surface area contributed by atoms with Gasteiger partial charge in [-0.3, -0.25) is 9.59 Å². The molecular weight excluding hydrogens is 489 g/mol. The molecule has 1 aromatic heterocycles. The van der Waals surface area contributed by atoms with Crippen LogP contribution in [-0.2, 0) is 21.8 Å². The summed E-state index contributed by atoms with van der Waals surface area (Å²) in [5.74, 6) is 1.11. The van der Waals surface area contributed by atoms with Crippen LogP contribution in [0.2, 0.25) is 0 Å². The van der Waals surface area contributed by atoms with Crippen LogP contribution in [0.3, 0.4) is 0 Å². The van der Waals surface area contributed by atoms with Crippen molar-refractivity contribution in [2.45, 2.75) is 36.7 Å². The third kappa shape index (κ3) is 6.35. The molecule has 184 valence electrons. The number of carbonyl (C=O) groups excluding carboxylic acids is 2. The first-order valence-electron chi connectivity index (χ1n) is 10.6. The highest BCUT2D eigenvalue weighted by Gasteiger charge is 2.32. The molecular formula is C22H25F3N4O3S2. The van der Waals surface area contributed by atoms with E-state index in [1.807, 2.05) is 0 Å². The summed E-state index contributed by atoms with van der Waals surface area (Å²) < 4.78 is 50.5. The maximum absolute atomic E-state index is 13.4. The number of alkyl halides is 3. The number of carbonyl (C=O) groups is 2. The molecule has 0 radical (unpaired) electrons. The van der Waals surface area contributed by atoms with Crippen LogP contribution in [0.1, 0.15) is 36.7 Å². The number of nitrogens with zero attached hydrogens (tertiary/aromatic N) is 4. The zero-order chi connectivity index (χ0) is 25.0. The lowest BCUT2D eigenvalue weighted by Gasteiger charge is -2.35. The van der Waals surface area contributed by atoms with E-state index in [-0.39, 0.29) is 16.8 Å². The van der Waals surface area contributed by atoms with Crippen molar-refractivity contribution in [2.75, 3.05) is 36.8 Å². The predicted molar refractivity (Wildman–Crippen MR) is 124 cm³/mol. The number of anilines is 1. The molecule has 2 aromatic rings. The van der Waals surface area contributed by atoms with Crippen molar-refractivity contribution in [3.63, 3.8) is 0 Å². The highest BCUT2D eigenvalue weighted by atomic mass is 32.2. The molecule has 0 bridgehead atoms. The summed E-state index contributed by atoms with van der Waals surface area (Å²) in [5.41, 5.74) is -0.531. The van der Waals surface area contributed by atoms with E-state index >= 15 is 0 Å². The van der Waals surface area contributed by atoms with Gasteiger partial charge in [-0.15, -0.1) is 11.8 Å². The van der Waals surface area contributed by atoms with E-state index < -0.39 is 27.7 Å². The smallest absolute Gasteiger partial charge is 0.337 e. The first-order valence-corrected chi connectivity index (χ1v) is 12.7. The van der Waals surface area contributed by atoms with Crippen LogP contribution in [0.25, 0.3) is 0 Å². The molecule has 0 saturated carbocycles. The minimum Gasteiger partial charge on any atom is -0.337 e. The van der Waals surface area contributed by atoms with Gasteiger partial charge < -0.3 is 9.80 Å². The highest BCUT2D eigenvalue weighted by molar-refractivity contribution is 8.00.